The maximum absolute atomic E-state index is 11.5. The van der Waals surface area contributed by atoms with Crippen molar-refractivity contribution in [3.63, 3.8) is 0 Å². The molecule has 1 aromatic rings. The smallest absolute Gasteiger partial charge is 0.164 e. The van der Waals surface area contributed by atoms with Crippen molar-refractivity contribution in [3.05, 3.63) is 11.3 Å². The Bertz CT molecular complexity index is 411. The summed E-state index contributed by atoms with van der Waals surface area (Å²) < 4.78 is 9.98. The first-order valence-electron chi connectivity index (χ1n) is 6.51. The summed E-state index contributed by atoms with van der Waals surface area (Å²) in [6.45, 7) is 4.88. The monoisotopic (exact) mass is 268 g/mol. The first-order chi connectivity index (χ1) is 8.68. The lowest BCUT2D eigenvalue weighted by Gasteiger charge is -2.11. The van der Waals surface area contributed by atoms with E-state index in [9.17, 15) is 4.79 Å². The molecule has 18 heavy (non-hydrogen) atoms. The Morgan fingerprint density at radius 1 is 1.50 bits per heavy atom. The maximum atomic E-state index is 11.5. The van der Waals surface area contributed by atoms with Gasteiger partial charge in [-0.25, -0.2) is 0 Å². The van der Waals surface area contributed by atoms with Crippen LogP contribution < -0.4 is 5.32 Å². The summed E-state index contributed by atoms with van der Waals surface area (Å²) >= 11 is 1.35. The van der Waals surface area contributed by atoms with Crippen molar-refractivity contribution in [2.24, 2.45) is 0 Å². The number of nitrogens with one attached hydrogen (secondary N) is 1. The molecule has 1 heterocycles. The number of nitrogens with zero attached hydrogens (tertiary/aromatic N) is 1. The fourth-order valence-corrected chi connectivity index (χ4v) is 3.22. The van der Waals surface area contributed by atoms with E-state index in [1.54, 1.807) is 6.92 Å². The molecule has 0 saturated heterocycles. The van der Waals surface area contributed by atoms with E-state index in [1.165, 1.54) is 37.2 Å². The van der Waals surface area contributed by atoms with Gasteiger partial charge in [-0.1, -0.05) is 12.8 Å². The van der Waals surface area contributed by atoms with Gasteiger partial charge in [0.1, 0.15) is 5.00 Å². The molecule has 0 aliphatic heterocycles. The van der Waals surface area contributed by atoms with Gasteiger partial charge in [0.2, 0.25) is 0 Å². The van der Waals surface area contributed by atoms with Crippen LogP contribution in [0.5, 0.6) is 0 Å². The highest BCUT2D eigenvalue weighted by atomic mass is 32.1. The molecule has 0 amide bonds. The Labute approximate surface area is 112 Å². The molecule has 0 bridgehead atoms. The van der Waals surface area contributed by atoms with E-state index in [0.29, 0.717) is 12.7 Å². The molecule has 4 nitrogen and oxygen atoms in total. The lowest BCUT2D eigenvalue weighted by Crippen LogP contribution is -2.15. The van der Waals surface area contributed by atoms with Gasteiger partial charge in [0.05, 0.1) is 24.0 Å². The Morgan fingerprint density at radius 2 is 2.22 bits per heavy atom. The van der Waals surface area contributed by atoms with Crippen LogP contribution in [0.3, 0.4) is 0 Å². The number of hydrogen-bond donors (Lipinski definition) is 1. The van der Waals surface area contributed by atoms with Crippen molar-refractivity contribution in [1.29, 1.82) is 0 Å². The van der Waals surface area contributed by atoms with Gasteiger partial charge in [0, 0.05) is 6.54 Å². The number of rotatable bonds is 6. The number of hydrogen-bond acceptors (Lipinski definition) is 5. The van der Waals surface area contributed by atoms with E-state index in [2.05, 4.69) is 9.69 Å². The average molecular weight is 268 g/mol. The molecule has 1 aliphatic carbocycles. The second-order valence-corrected chi connectivity index (χ2v) is 5.51. The molecule has 1 N–H and O–H groups in total. The van der Waals surface area contributed by atoms with Gasteiger partial charge in [0.15, 0.2) is 5.78 Å². The third-order valence-electron chi connectivity index (χ3n) is 3.26. The van der Waals surface area contributed by atoms with Crippen LogP contribution in [0.15, 0.2) is 0 Å². The quantitative estimate of drug-likeness (QED) is 0.636. The van der Waals surface area contributed by atoms with Crippen molar-refractivity contribution in [2.45, 2.75) is 45.6 Å². The Morgan fingerprint density at radius 3 is 2.89 bits per heavy atom. The second kappa shape index (κ2) is 6.29. The molecule has 100 valence electrons. The molecular formula is C13H20N2O2S. The van der Waals surface area contributed by atoms with Crippen LogP contribution in [-0.4, -0.2) is 29.4 Å². The summed E-state index contributed by atoms with van der Waals surface area (Å²) in [7, 11) is 0. The number of ether oxygens (including phenoxy) is 1. The molecule has 1 aromatic heterocycles. The van der Waals surface area contributed by atoms with Gasteiger partial charge in [-0.15, -0.1) is 0 Å². The number of aromatic nitrogens is 1. The topological polar surface area (TPSA) is 51.2 Å². The minimum atomic E-state index is 0.0699. The first-order valence-corrected chi connectivity index (χ1v) is 7.28. The zero-order valence-corrected chi connectivity index (χ0v) is 11.8. The summed E-state index contributed by atoms with van der Waals surface area (Å²) in [5.41, 5.74) is 1.53. The third kappa shape index (κ3) is 3.29. The predicted molar refractivity (Wildman–Crippen MR) is 73.6 cm³/mol. The summed E-state index contributed by atoms with van der Waals surface area (Å²) in [6.07, 6.45) is 5.42. The molecule has 0 radical (unpaired) electrons. The van der Waals surface area contributed by atoms with E-state index in [4.69, 9.17) is 4.74 Å². The number of carbonyl (C=O) groups excluding carboxylic acids is 1. The molecule has 2 rings (SSSR count). The fourth-order valence-electron chi connectivity index (χ4n) is 2.35. The van der Waals surface area contributed by atoms with Crippen LogP contribution in [0, 0.1) is 6.92 Å². The average Bonchev–Trinajstić information content (AvgIpc) is 2.94. The number of Topliss-reactive ketones (excluding diaryl/α,β-unsaturated/α-hetero) is 1. The number of anilines is 1. The standard InChI is InChI=1S/C13H20N2O2S/c1-9-12(10(2)16)13(18-15-9)14-7-8-17-11-5-3-4-6-11/h11,14H,3-8H2,1-2H3. The molecule has 0 spiro atoms. The van der Waals surface area contributed by atoms with Crippen LogP contribution in [0.2, 0.25) is 0 Å². The van der Waals surface area contributed by atoms with Gasteiger partial charge < -0.3 is 10.1 Å². The lowest BCUT2D eigenvalue weighted by molar-refractivity contribution is 0.0659. The van der Waals surface area contributed by atoms with Crippen molar-refractivity contribution < 1.29 is 9.53 Å². The van der Waals surface area contributed by atoms with Crippen LogP contribution in [0.1, 0.15) is 48.7 Å². The molecule has 1 aliphatic rings. The highest BCUT2D eigenvalue weighted by Crippen LogP contribution is 2.25. The van der Waals surface area contributed by atoms with Gasteiger partial charge in [-0.05, 0) is 38.2 Å². The largest absolute Gasteiger partial charge is 0.376 e. The van der Waals surface area contributed by atoms with E-state index in [0.717, 1.165) is 22.8 Å². The number of carbonyl (C=O) groups is 1. The SMILES string of the molecule is CC(=O)c1c(C)nsc1NCCOC1CCCC1. The Balaban J connectivity index is 1.77. The highest BCUT2D eigenvalue weighted by Gasteiger charge is 2.16. The molecular weight excluding hydrogens is 248 g/mol. The molecule has 1 saturated carbocycles. The molecule has 0 aromatic carbocycles. The third-order valence-corrected chi connectivity index (χ3v) is 4.15. The molecule has 1 fully saturated rings. The van der Waals surface area contributed by atoms with Crippen molar-refractivity contribution in [3.8, 4) is 0 Å². The van der Waals surface area contributed by atoms with Crippen LogP contribution in [0.4, 0.5) is 5.00 Å². The van der Waals surface area contributed by atoms with Crippen molar-refractivity contribution in [1.82, 2.24) is 4.37 Å². The summed E-state index contributed by atoms with van der Waals surface area (Å²) in [5.74, 6) is 0.0699. The van der Waals surface area contributed by atoms with Crippen LogP contribution >= 0.6 is 11.5 Å². The Kier molecular flexibility index (Phi) is 4.72. The number of aryl methyl sites for hydroxylation is 1. The van der Waals surface area contributed by atoms with Gasteiger partial charge in [0.25, 0.3) is 0 Å². The van der Waals surface area contributed by atoms with Crippen LogP contribution in [-0.2, 0) is 4.74 Å². The van der Waals surface area contributed by atoms with E-state index in [1.807, 2.05) is 6.92 Å². The van der Waals surface area contributed by atoms with Crippen molar-refractivity contribution in [2.75, 3.05) is 18.5 Å². The van der Waals surface area contributed by atoms with E-state index >= 15 is 0 Å². The predicted octanol–water partition coefficient (Wildman–Crippen LogP) is 3.03. The normalized spacial score (nSPS) is 16.1. The van der Waals surface area contributed by atoms with Crippen molar-refractivity contribution >= 4 is 22.3 Å². The maximum Gasteiger partial charge on any atom is 0.164 e. The van der Waals surface area contributed by atoms with Crippen LogP contribution in [0.25, 0.3) is 0 Å². The van der Waals surface area contributed by atoms with Gasteiger partial charge >= 0.3 is 0 Å². The molecule has 0 atom stereocenters. The Hall–Kier alpha value is -0.940. The van der Waals surface area contributed by atoms with E-state index in [-0.39, 0.29) is 5.78 Å². The summed E-state index contributed by atoms with van der Waals surface area (Å²) in [6, 6.07) is 0. The van der Waals surface area contributed by atoms with Gasteiger partial charge in [-0.3, -0.25) is 4.79 Å². The van der Waals surface area contributed by atoms with Gasteiger partial charge in [-0.2, -0.15) is 4.37 Å². The summed E-state index contributed by atoms with van der Waals surface area (Å²) in [5, 5.41) is 4.12. The zero-order valence-electron chi connectivity index (χ0n) is 11.0. The highest BCUT2D eigenvalue weighted by molar-refractivity contribution is 7.10. The fraction of sp³-hybridized carbons (Fsp3) is 0.692. The first kappa shape index (κ1) is 13.5. The zero-order chi connectivity index (χ0) is 13.0. The molecule has 5 heteroatoms. The van der Waals surface area contributed by atoms with E-state index < -0.39 is 0 Å². The minimum Gasteiger partial charge on any atom is -0.376 e. The lowest BCUT2D eigenvalue weighted by atomic mass is 10.2. The summed E-state index contributed by atoms with van der Waals surface area (Å²) in [4.78, 5) is 11.5. The minimum absolute atomic E-state index is 0.0699. The number of ketones is 1. The second-order valence-electron chi connectivity index (χ2n) is 4.73. The molecule has 0 unspecified atom stereocenters.